The van der Waals surface area contributed by atoms with Crippen LogP contribution < -0.4 is 0 Å². The summed E-state index contributed by atoms with van der Waals surface area (Å²) in [4.78, 5) is 20.1. The molecule has 0 saturated carbocycles. The maximum atomic E-state index is 12.8. The third kappa shape index (κ3) is 3.22. The number of nitro groups is 1. The van der Waals surface area contributed by atoms with Gasteiger partial charge in [0.1, 0.15) is 11.9 Å². The molecule has 2 atom stereocenters. The smallest absolute Gasteiger partial charge is 0.306 e. The Hall–Kier alpha value is -2.06. The van der Waals surface area contributed by atoms with Gasteiger partial charge in [-0.3, -0.25) is 14.9 Å². The van der Waals surface area contributed by atoms with E-state index in [1.165, 1.54) is 0 Å². The van der Waals surface area contributed by atoms with Crippen LogP contribution in [0.15, 0.2) is 18.2 Å². The average Bonchev–Trinajstić information content (AvgIpc) is 2.26. The number of hydrogen-bond acceptors (Lipinski definition) is 5. The molecule has 0 amide bonds. The minimum Gasteiger partial charge on any atom is -0.481 e. The van der Waals surface area contributed by atoms with E-state index in [-0.39, 0.29) is 5.56 Å². The Morgan fingerprint density at radius 1 is 1.44 bits per heavy atom. The molecular formula is C10H10FNO6. The molecule has 0 aliphatic rings. The first-order chi connectivity index (χ1) is 8.32. The monoisotopic (exact) mass is 259 g/mol. The molecule has 0 fully saturated rings. The first-order valence-electron chi connectivity index (χ1n) is 4.84. The Kier molecular flexibility index (Phi) is 4.29. The molecule has 1 rings (SSSR count). The van der Waals surface area contributed by atoms with Gasteiger partial charge in [0.05, 0.1) is 29.1 Å². The summed E-state index contributed by atoms with van der Waals surface area (Å²) in [6, 6.07) is 2.40. The topological polar surface area (TPSA) is 121 Å². The van der Waals surface area contributed by atoms with E-state index in [4.69, 9.17) is 5.11 Å². The Morgan fingerprint density at radius 2 is 2.06 bits per heavy atom. The van der Waals surface area contributed by atoms with Crippen LogP contribution in [-0.4, -0.2) is 32.3 Å². The predicted molar refractivity (Wildman–Crippen MR) is 56.3 cm³/mol. The summed E-state index contributed by atoms with van der Waals surface area (Å²) in [7, 11) is 0. The number of nitrogens with zero attached hydrogens (tertiary/aromatic N) is 1. The molecule has 0 radical (unpaired) electrons. The second kappa shape index (κ2) is 5.52. The van der Waals surface area contributed by atoms with Gasteiger partial charge in [-0.1, -0.05) is 0 Å². The van der Waals surface area contributed by atoms with Crippen molar-refractivity contribution in [1.29, 1.82) is 0 Å². The van der Waals surface area contributed by atoms with Crippen molar-refractivity contribution in [3.05, 3.63) is 39.7 Å². The van der Waals surface area contributed by atoms with Gasteiger partial charge in [0.2, 0.25) is 0 Å². The number of carboxylic acid groups (broad SMARTS) is 1. The second-order valence-electron chi connectivity index (χ2n) is 3.57. The van der Waals surface area contributed by atoms with Crippen LogP contribution in [0.5, 0.6) is 0 Å². The zero-order valence-electron chi connectivity index (χ0n) is 8.99. The summed E-state index contributed by atoms with van der Waals surface area (Å²) >= 11 is 0. The van der Waals surface area contributed by atoms with Gasteiger partial charge in [0.25, 0.3) is 5.69 Å². The number of carbonyl (C=O) groups is 1. The Balaban J connectivity index is 3.08. The fourth-order valence-corrected chi connectivity index (χ4v) is 1.42. The largest absolute Gasteiger partial charge is 0.481 e. The van der Waals surface area contributed by atoms with Crippen LogP contribution in [0.2, 0.25) is 0 Å². The van der Waals surface area contributed by atoms with E-state index >= 15 is 0 Å². The molecule has 0 bridgehead atoms. The molecule has 0 saturated heterocycles. The summed E-state index contributed by atoms with van der Waals surface area (Å²) in [6.07, 6.45) is -4.27. The van der Waals surface area contributed by atoms with Crippen LogP contribution >= 0.6 is 0 Å². The molecule has 18 heavy (non-hydrogen) atoms. The molecular weight excluding hydrogens is 249 g/mol. The number of benzene rings is 1. The summed E-state index contributed by atoms with van der Waals surface area (Å²) < 4.78 is 12.8. The quantitative estimate of drug-likeness (QED) is 0.526. The van der Waals surface area contributed by atoms with Crippen molar-refractivity contribution in [3.63, 3.8) is 0 Å². The number of aliphatic carboxylic acids is 1. The fourth-order valence-electron chi connectivity index (χ4n) is 1.42. The zero-order chi connectivity index (χ0) is 13.9. The molecule has 1 aromatic rings. The molecule has 0 heterocycles. The highest BCUT2D eigenvalue weighted by Gasteiger charge is 2.28. The lowest BCUT2D eigenvalue weighted by molar-refractivity contribution is -0.386. The number of aliphatic hydroxyl groups is 2. The summed E-state index contributed by atoms with van der Waals surface area (Å²) in [6.45, 7) is 0. The van der Waals surface area contributed by atoms with Gasteiger partial charge in [-0.2, -0.15) is 0 Å². The molecule has 0 aromatic heterocycles. The van der Waals surface area contributed by atoms with Crippen LogP contribution in [0.1, 0.15) is 18.1 Å². The molecule has 3 N–H and O–H groups in total. The van der Waals surface area contributed by atoms with E-state index in [0.717, 1.165) is 12.1 Å². The minimum absolute atomic E-state index is 0.338. The maximum absolute atomic E-state index is 12.8. The molecule has 0 spiro atoms. The number of nitro benzene ring substituents is 1. The highest BCUT2D eigenvalue weighted by Crippen LogP contribution is 2.28. The Bertz CT molecular complexity index is 477. The Labute approximate surface area is 100 Å². The van der Waals surface area contributed by atoms with E-state index < -0.39 is 41.0 Å². The molecule has 8 heteroatoms. The second-order valence-corrected chi connectivity index (χ2v) is 3.57. The Morgan fingerprint density at radius 3 is 2.56 bits per heavy atom. The van der Waals surface area contributed by atoms with Crippen LogP contribution in [0.3, 0.4) is 0 Å². The first kappa shape index (κ1) is 14.0. The highest BCUT2D eigenvalue weighted by atomic mass is 19.1. The van der Waals surface area contributed by atoms with Crippen LogP contribution in [0.25, 0.3) is 0 Å². The maximum Gasteiger partial charge on any atom is 0.306 e. The van der Waals surface area contributed by atoms with Crippen molar-refractivity contribution in [2.24, 2.45) is 0 Å². The molecule has 0 aliphatic heterocycles. The lowest BCUT2D eigenvalue weighted by Gasteiger charge is -2.16. The molecule has 1 aromatic carbocycles. The number of carboxylic acids is 1. The SMILES string of the molecule is O=C(O)CC(O)C(O)c1ccc(F)cc1[N+](=O)[O-]. The molecule has 2 unspecified atom stereocenters. The van der Waals surface area contributed by atoms with Crippen molar-refractivity contribution in [2.45, 2.75) is 18.6 Å². The highest BCUT2D eigenvalue weighted by molar-refractivity contribution is 5.67. The lowest BCUT2D eigenvalue weighted by atomic mass is 10.0. The van der Waals surface area contributed by atoms with E-state index in [2.05, 4.69) is 0 Å². The van der Waals surface area contributed by atoms with Gasteiger partial charge >= 0.3 is 5.97 Å². The average molecular weight is 259 g/mol. The third-order valence-electron chi connectivity index (χ3n) is 2.26. The van der Waals surface area contributed by atoms with Gasteiger partial charge in [0.15, 0.2) is 0 Å². The molecule has 7 nitrogen and oxygen atoms in total. The van der Waals surface area contributed by atoms with Crippen LogP contribution in [-0.2, 0) is 4.79 Å². The summed E-state index contributed by atoms with van der Waals surface area (Å²) in [5.41, 5.74) is -1.05. The summed E-state index contributed by atoms with van der Waals surface area (Å²) in [5, 5.41) is 38.1. The van der Waals surface area contributed by atoms with E-state index in [9.17, 15) is 29.5 Å². The normalized spacial score (nSPS) is 13.9. The predicted octanol–water partition coefficient (Wildman–Crippen LogP) is 0.603. The molecule has 0 aliphatic carbocycles. The van der Waals surface area contributed by atoms with Gasteiger partial charge in [-0.05, 0) is 12.1 Å². The van der Waals surface area contributed by atoms with Crippen molar-refractivity contribution >= 4 is 11.7 Å². The van der Waals surface area contributed by atoms with Gasteiger partial charge in [-0.15, -0.1) is 0 Å². The number of aliphatic hydroxyl groups excluding tert-OH is 2. The number of halogens is 1. The van der Waals surface area contributed by atoms with Crippen LogP contribution in [0, 0.1) is 15.9 Å². The van der Waals surface area contributed by atoms with E-state index in [0.29, 0.717) is 6.07 Å². The van der Waals surface area contributed by atoms with Crippen molar-refractivity contribution < 1.29 is 29.4 Å². The fraction of sp³-hybridized carbons (Fsp3) is 0.300. The lowest BCUT2D eigenvalue weighted by Crippen LogP contribution is -2.22. The minimum atomic E-state index is -1.78. The van der Waals surface area contributed by atoms with Crippen LogP contribution in [0.4, 0.5) is 10.1 Å². The van der Waals surface area contributed by atoms with E-state index in [1.54, 1.807) is 0 Å². The van der Waals surface area contributed by atoms with Gasteiger partial charge in [0, 0.05) is 0 Å². The number of hydrogen-bond donors (Lipinski definition) is 3. The third-order valence-corrected chi connectivity index (χ3v) is 2.26. The van der Waals surface area contributed by atoms with Crippen molar-refractivity contribution in [2.75, 3.05) is 0 Å². The number of rotatable bonds is 5. The molecule has 98 valence electrons. The zero-order valence-corrected chi connectivity index (χ0v) is 8.99. The van der Waals surface area contributed by atoms with E-state index in [1.807, 2.05) is 0 Å². The van der Waals surface area contributed by atoms with Gasteiger partial charge in [-0.25, -0.2) is 4.39 Å². The summed E-state index contributed by atoms with van der Waals surface area (Å²) in [5.74, 6) is -2.24. The van der Waals surface area contributed by atoms with Crippen molar-refractivity contribution in [1.82, 2.24) is 0 Å². The standard InChI is InChI=1S/C10H10FNO6/c11-5-1-2-6(7(3-5)12(17)18)10(16)8(13)4-9(14)15/h1-3,8,10,13,16H,4H2,(H,14,15). The first-order valence-corrected chi connectivity index (χ1v) is 4.84. The van der Waals surface area contributed by atoms with Crippen molar-refractivity contribution in [3.8, 4) is 0 Å². The van der Waals surface area contributed by atoms with Gasteiger partial charge < -0.3 is 15.3 Å².